The number of hydrogen-bond acceptors (Lipinski definition) is 5. The number of para-hydroxylation sites is 1. The van der Waals surface area contributed by atoms with E-state index in [2.05, 4.69) is 24.5 Å². The third kappa shape index (κ3) is 5.25. The summed E-state index contributed by atoms with van der Waals surface area (Å²) < 4.78 is 12.3. The molecule has 3 fully saturated rings. The maximum Gasteiger partial charge on any atom is 0.246 e. The van der Waals surface area contributed by atoms with E-state index in [1.807, 2.05) is 42.5 Å². The molecule has 6 rings (SSSR count). The first-order valence-corrected chi connectivity index (χ1v) is 15.0. The Morgan fingerprint density at radius 2 is 1.71 bits per heavy atom. The zero-order chi connectivity index (χ0) is 28.6. The van der Waals surface area contributed by atoms with Gasteiger partial charge in [-0.15, -0.1) is 0 Å². The molecule has 2 bridgehead atoms. The van der Waals surface area contributed by atoms with E-state index in [9.17, 15) is 14.4 Å². The summed E-state index contributed by atoms with van der Waals surface area (Å²) in [5.41, 5.74) is -0.530. The van der Waals surface area contributed by atoms with Gasteiger partial charge in [0.25, 0.3) is 0 Å². The van der Waals surface area contributed by atoms with Gasteiger partial charge >= 0.3 is 0 Å². The van der Waals surface area contributed by atoms with Crippen molar-refractivity contribution >= 4 is 23.4 Å². The first-order valence-electron chi connectivity index (χ1n) is 15.0. The second-order valence-corrected chi connectivity index (χ2v) is 12.2. The average molecular weight is 558 g/mol. The number of benzene rings is 2. The molecule has 0 aromatic heterocycles. The van der Waals surface area contributed by atoms with Gasteiger partial charge in [-0.05, 0) is 61.6 Å². The molecule has 8 nitrogen and oxygen atoms in total. The Balaban J connectivity index is 1.20. The molecule has 1 saturated carbocycles. The first-order chi connectivity index (χ1) is 19.9. The topological polar surface area (TPSA) is 97.0 Å². The summed E-state index contributed by atoms with van der Waals surface area (Å²) in [5, 5.41) is 6.22. The number of ether oxygens (including phenoxy) is 2. The number of carbonyl (C=O) groups excluding carboxylic acids is 3. The predicted molar refractivity (Wildman–Crippen MR) is 155 cm³/mol. The van der Waals surface area contributed by atoms with Crippen LogP contribution < -0.4 is 15.4 Å². The fraction of sp³-hybridized carbons (Fsp3) is 0.485. The van der Waals surface area contributed by atoms with E-state index in [-0.39, 0.29) is 23.8 Å². The maximum atomic E-state index is 14.0. The zero-order valence-corrected chi connectivity index (χ0v) is 23.8. The molecule has 41 heavy (non-hydrogen) atoms. The van der Waals surface area contributed by atoms with Gasteiger partial charge in [0.2, 0.25) is 17.7 Å². The van der Waals surface area contributed by atoms with Crippen LogP contribution >= 0.6 is 0 Å². The fourth-order valence-corrected chi connectivity index (χ4v) is 6.89. The molecule has 3 amide bonds. The largest absolute Gasteiger partial charge is 0.457 e. The number of likely N-dealkylation sites (tertiary alicyclic amines) is 1. The van der Waals surface area contributed by atoms with Crippen LogP contribution in [0.2, 0.25) is 0 Å². The Kier molecular flexibility index (Phi) is 7.60. The lowest BCUT2D eigenvalue weighted by molar-refractivity contribution is -0.141. The van der Waals surface area contributed by atoms with Gasteiger partial charge in [-0.1, -0.05) is 63.5 Å². The van der Waals surface area contributed by atoms with Gasteiger partial charge in [0.1, 0.15) is 23.1 Å². The molecule has 1 aliphatic carbocycles. The summed E-state index contributed by atoms with van der Waals surface area (Å²) in [6.45, 7) is 4.66. The van der Waals surface area contributed by atoms with Crippen molar-refractivity contribution in [3.63, 3.8) is 0 Å². The van der Waals surface area contributed by atoms with Crippen LogP contribution in [0.1, 0.15) is 52.4 Å². The number of nitrogens with zero attached hydrogens (tertiary/aromatic N) is 1. The molecule has 2 N–H and O–H groups in total. The maximum absolute atomic E-state index is 14.0. The molecule has 4 aliphatic rings. The SMILES string of the molecule is CC(C)CCN1C(=O)C2C(C(=O)Nc3ccc(Oc4ccccc4)cc3)C3C=CC2(O3)C1C(=O)NC1CCCCC1. The van der Waals surface area contributed by atoms with Crippen molar-refractivity contribution in [3.8, 4) is 11.5 Å². The van der Waals surface area contributed by atoms with Crippen molar-refractivity contribution in [1.82, 2.24) is 10.2 Å². The summed E-state index contributed by atoms with van der Waals surface area (Å²) in [5.74, 6) is -0.349. The second kappa shape index (κ2) is 11.3. The van der Waals surface area contributed by atoms with Gasteiger partial charge < -0.3 is 25.0 Å². The van der Waals surface area contributed by atoms with Gasteiger partial charge in [-0.25, -0.2) is 0 Å². The smallest absolute Gasteiger partial charge is 0.246 e. The minimum Gasteiger partial charge on any atom is -0.457 e. The van der Waals surface area contributed by atoms with Gasteiger partial charge in [-0.2, -0.15) is 0 Å². The Bertz CT molecular complexity index is 1300. The van der Waals surface area contributed by atoms with Crippen molar-refractivity contribution in [3.05, 3.63) is 66.7 Å². The van der Waals surface area contributed by atoms with Gasteiger partial charge in [-0.3, -0.25) is 14.4 Å². The lowest BCUT2D eigenvalue weighted by Gasteiger charge is -2.34. The summed E-state index contributed by atoms with van der Waals surface area (Å²) in [6.07, 6.45) is 9.23. The first kappa shape index (κ1) is 27.5. The number of rotatable bonds is 9. The average Bonchev–Trinajstić information content (AvgIpc) is 3.61. The number of carbonyl (C=O) groups is 3. The highest BCUT2D eigenvalue weighted by Crippen LogP contribution is 2.55. The van der Waals surface area contributed by atoms with Crippen molar-refractivity contribution < 1.29 is 23.9 Å². The van der Waals surface area contributed by atoms with Crippen LogP contribution in [0.3, 0.4) is 0 Å². The third-order valence-electron chi connectivity index (χ3n) is 8.92. The number of amides is 3. The number of hydrogen-bond donors (Lipinski definition) is 2. The van der Waals surface area contributed by atoms with Crippen molar-refractivity contribution in [2.45, 2.75) is 76.2 Å². The van der Waals surface area contributed by atoms with E-state index in [1.165, 1.54) is 6.42 Å². The highest BCUT2D eigenvalue weighted by Gasteiger charge is 2.72. The second-order valence-electron chi connectivity index (χ2n) is 12.2. The lowest BCUT2D eigenvalue weighted by Crippen LogP contribution is -2.56. The summed E-state index contributed by atoms with van der Waals surface area (Å²) in [6, 6.07) is 16.0. The molecule has 2 aromatic rings. The number of nitrogens with one attached hydrogen (secondary N) is 2. The zero-order valence-electron chi connectivity index (χ0n) is 23.8. The molecular formula is C33H39N3O5. The lowest BCUT2D eigenvalue weighted by atomic mass is 9.74. The van der Waals surface area contributed by atoms with Crippen molar-refractivity contribution in [1.29, 1.82) is 0 Å². The quantitative estimate of drug-likeness (QED) is 0.420. The Labute approximate surface area is 241 Å². The Morgan fingerprint density at radius 1 is 1.00 bits per heavy atom. The molecule has 0 radical (unpaired) electrons. The molecule has 2 saturated heterocycles. The van der Waals surface area contributed by atoms with E-state index in [0.717, 1.165) is 37.9 Å². The highest BCUT2D eigenvalue weighted by molar-refractivity contribution is 6.02. The van der Waals surface area contributed by atoms with E-state index in [0.29, 0.717) is 23.9 Å². The van der Waals surface area contributed by atoms with Crippen LogP contribution in [-0.4, -0.2) is 53.0 Å². The molecule has 216 valence electrons. The van der Waals surface area contributed by atoms with Crippen LogP contribution in [0.25, 0.3) is 0 Å². The minimum absolute atomic E-state index is 0.115. The van der Waals surface area contributed by atoms with Gasteiger partial charge in [0, 0.05) is 18.3 Å². The molecule has 5 unspecified atom stereocenters. The number of anilines is 1. The van der Waals surface area contributed by atoms with Crippen LogP contribution in [0.4, 0.5) is 5.69 Å². The standard InChI is InChI=1S/C33H39N3O5/c1-21(2)18-20-36-29(31(38)35-22-9-5-3-6-10-22)33-19-17-26(41-33)27(28(33)32(36)39)30(37)34-23-13-15-25(16-14-23)40-24-11-7-4-8-12-24/h4,7-8,11-17,19,21-22,26-29H,3,5-6,9-10,18,20H2,1-2H3,(H,34,37)(H,35,38). The van der Waals surface area contributed by atoms with Crippen LogP contribution in [0, 0.1) is 17.8 Å². The van der Waals surface area contributed by atoms with E-state index in [1.54, 1.807) is 29.2 Å². The minimum atomic E-state index is -1.13. The molecule has 8 heteroatoms. The molecule has 3 heterocycles. The fourth-order valence-electron chi connectivity index (χ4n) is 6.89. The summed E-state index contributed by atoms with van der Waals surface area (Å²) in [4.78, 5) is 43.2. The van der Waals surface area contributed by atoms with E-state index < -0.39 is 29.6 Å². The van der Waals surface area contributed by atoms with Crippen LogP contribution in [0.5, 0.6) is 11.5 Å². The van der Waals surface area contributed by atoms with Crippen molar-refractivity contribution in [2.24, 2.45) is 17.8 Å². The summed E-state index contributed by atoms with van der Waals surface area (Å²) >= 11 is 0. The Hall–Kier alpha value is -3.65. The Morgan fingerprint density at radius 3 is 2.41 bits per heavy atom. The number of fused-ring (bicyclic) bond motifs is 1. The van der Waals surface area contributed by atoms with Crippen LogP contribution in [0.15, 0.2) is 66.7 Å². The van der Waals surface area contributed by atoms with Gasteiger partial charge in [0.05, 0.1) is 17.9 Å². The monoisotopic (exact) mass is 557 g/mol. The molecule has 1 spiro atoms. The molecule has 5 atom stereocenters. The van der Waals surface area contributed by atoms with E-state index in [4.69, 9.17) is 9.47 Å². The third-order valence-corrected chi connectivity index (χ3v) is 8.92. The molecular weight excluding hydrogens is 518 g/mol. The highest BCUT2D eigenvalue weighted by atomic mass is 16.5. The molecule has 3 aliphatic heterocycles. The van der Waals surface area contributed by atoms with Crippen molar-refractivity contribution in [2.75, 3.05) is 11.9 Å². The van der Waals surface area contributed by atoms with Gasteiger partial charge in [0.15, 0.2) is 0 Å². The van der Waals surface area contributed by atoms with E-state index >= 15 is 0 Å². The summed E-state index contributed by atoms with van der Waals surface area (Å²) in [7, 11) is 0. The predicted octanol–water partition coefficient (Wildman–Crippen LogP) is 5.06. The van der Waals surface area contributed by atoms with Crippen LogP contribution in [-0.2, 0) is 19.1 Å². The molecule has 2 aromatic carbocycles. The normalized spacial score (nSPS) is 28.7.